The molecule has 0 radical (unpaired) electrons. The van der Waals surface area contributed by atoms with E-state index >= 15 is 0 Å². The normalized spacial score (nSPS) is 17.7. The number of carbonyl (C=O) groups excluding carboxylic acids is 4. The summed E-state index contributed by atoms with van der Waals surface area (Å²) >= 11 is 2.72. The molecule has 0 unspecified atom stereocenters. The van der Waals surface area contributed by atoms with Crippen LogP contribution in [0.1, 0.15) is 38.7 Å². The van der Waals surface area contributed by atoms with Crippen LogP contribution in [-0.4, -0.2) is 60.6 Å². The fourth-order valence-corrected chi connectivity index (χ4v) is 5.51. The lowest BCUT2D eigenvalue weighted by atomic mass is 10.1. The third-order valence-corrected chi connectivity index (χ3v) is 7.44. The Balaban J connectivity index is 1.54. The smallest absolute Gasteiger partial charge is 0.333 e. The molecule has 4 amide bonds. The lowest BCUT2D eigenvalue weighted by Gasteiger charge is -2.28. The van der Waals surface area contributed by atoms with Crippen molar-refractivity contribution in [2.45, 2.75) is 19.3 Å². The van der Waals surface area contributed by atoms with E-state index in [0.717, 1.165) is 27.9 Å². The summed E-state index contributed by atoms with van der Waals surface area (Å²) in [5.41, 5.74) is -0.0936. The number of thiophene rings is 2. The number of likely N-dealkylation sites (N-methyl/N-ethyl adjacent to an activating group) is 2. The first kappa shape index (κ1) is 20.5. The zero-order valence-corrected chi connectivity index (χ0v) is 18.3. The standard InChI is InChI=1S/C21H21N3O4S2/c1-22-19(26)14(20(27)23(2)21(22)28)12-13-6-7-15(29-13)18(25)16-8-9-17(30-16)24-10-4-3-5-11-24/h6-9,12H,3-5,10-11H2,1-2H3. The van der Waals surface area contributed by atoms with Crippen LogP contribution in [0.25, 0.3) is 6.08 Å². The highest BCUT2D eigenvalue weighted by atomic mass is 32.1. The van der Waals surface area contributed by atoms with Crippen LogP contribution >= 0.6 is 22.7 Å². The molecule has 7 nitrogen and oxygen atoms in total. The van der Waals surface area contributed by atoms with Gasteiger partial charge in [-0.2, -0.15) is 0 Å². The number of urea groups is 1. The number of piperidine rings is 1. The van der Waals surface area contributed by atoms with E-state index in [1.807, 2.05) is 12.1 Å². The average molecular weight is 444 g/mol. The summed E-state index contributed by atoms with van der Waals surface area (Å²) < 4.78 is 0. The van der Waals surface area contributed by atoms with Crippen LogP contribution in [0.2, 0.25) is 0 Å². The van der Waals surface area contributed by atoms with Crippen LogP contribution in [0.4, 0.5) is 9.80 Å². The van der Waals surface area contributed by atoms with Gasteiger partial charge in [0.1, 0.15) is 5.57 Å². The fraction of sp³-hybridized carbons (Fsp3) is 0.333. The zero-order valence-electron chi connectivity index (χ0n) is 16.7. The first-order valence-electron chi connectivity index (χ1n) is 9.68. The maximum absolute atomic E-state index is 12.9. The van der Waals surface area contributed by atoms with Gasteiger partial charge in [-0.1, -0.05) is 0 Å². The minimum absolute atomic E-state index is 0.0661. The van der Waals surface area contributed by atoms with E-state index in [1.165, 1.54) is 62.1 Å². The number of barbiturate groups is 1. The Hall–Kier alpha value is -2.78. The average Bonchev–Trinajstić information content (AvgIpc) is 3.44. The van der Waals surface area contributed by atoms with Crippen LogP contribution < -0.4 is 4.90 Å². The van der Waals surface area contributed by atoms with Crippen LogP contribution in [-0.2, 0) is 9.59 Å². The molecule has 0 saturated carbocycles. The fourth-order valence-electron chi connectivity index (χ4n) is 3.53. The van der Waals surface area contributed by atoms with E-state index in [2.05, 4.69) is 4.90 Å². The predicted octanol–water partition coefficient (Wildman–Crippen LogP) is 3.46. The number of carbonyl (C=O) groups is 4. The monoisotopic (exact) mass is 443 g/mol. The molecule has 2 aliphatic heterocycles. The molecule has 0 aromatic carbocycles. The molecule has 0 bridgehead atoms. The molecule has 2 aliphatic rings. The van der Waals surface area contributed by atoms with E-state index < -0.39 is 17.8 Å². The molecule has 0 aliphatic carbocycles. The lowest BCUT2D eigenvalue weighted by molar-refractivity contribution is -0.134. The van der Waals surface area contributed by atoms with E-state index in [0.29, 0.717) is 14.6 Å². The molecule has 0 N–H and O–H groups in total. The maximum Gasteiger partial charge on any atom is 0.333 e. The second-order valence-corrected chi connectivity index (χ2v) is 9.46. The van der Waals surface area contributed by atoms with E-state index in [-0.39, 0.29) is 11.4 Å². The van der Waals surface area contributed by atoms with Crippen molar-refractivity contribution in [3.05, 3.63) is 44.5 Å². The van der Waals surface area contributed by atoms with Gasteiger partial charge in [0.05, 0.1) is 14.8 Å². The van der Waals surface area contributed by atoms with E-state index in [1.54, 1.807) is 12.1 Å². The highest BCUT2D eigenvalue weighted by Crippen LogP contribution is 2.32. The summed E-state index contributed by atoms with van der Waals surface area (Å²) in [7, 11) is 2.67. The van der Waals surface area contributed by atoms with Crippen molar-refractivity contribution in [2.75, 3.05) is 32.1 Å². The Morgan fingerprint density at radius 1 is 0.867 bits per heavy atom. The first-order valence-corrected chi connectivity index (χ1v) is 11.3. The molecule has 2 fully saturated rings. The number of anilines is 1. The third-order valence-electron chi connectivity index (χ3n) is 5.26. The highest BCUT2D eigenvalue weighted by Gasteiger charge is 2.37. The van der Waals surface area contributed by atoms with Crippen molar-refractivity contribution in [1.82, 2.24) is 9.80 Å². The van der Waals surface area contributed by atoms with Crippen molar-refractivity contribution in [2.24, 2.45) is 0 Å². The molecular weight excluding hydrogens is 422 g/mol. The van der Waals surface area contributed by atoms with Gasteiger partial charge in [-0.05, 0) is 49.6 Å². The predicted molar refractivity (Wildman–Crippen MR) is 117 cm³/mol. The Bertz CT molecular complexity index is 1040. The largest absolute Gasteiger partial charge is 0.363 e. The molecule has 4 rings (SSSR count). The second kappa shape index (κ2) is 8.16. The van der Waals surface area contributed by atoms with Crippen molar-refractivity contribution >= 4 is 57.4 Å². The van der Waals surface area contributed by atoms with Crippen LogP contribution in [0.3, 0.4) is 0 Å². The minimum atomic E-state index is -0.661. The SMILES string of the molecule is CN1C(=O)C(=Cc2ccc(C(=O)c3ccc(N4CCCCC4)s3)s2)C(=O)N(C)C1=O. The van der Waals surface area contributed by atoms with Crippen molar-refractivity contribution in [3.8, 4) is 0 Å². The Labute approximate surface area is 182 Å². The molecule has 2 aromatic heterocycles. The highest BCUT2D eigenvalue weighted by molar-refractivity contribution is 7.20. The molecule has 2 aromatic rings. The maximum atomic E-state index is 12.9. The van der Waals surface area contributed by atoms with Crippen molar-refractivity contribution in [3.63, 3.8) is 0 Å². The molecule has 9 heteroatoms. The molecule has 4 heterocycles. The number of rotatable bonds is 4. The van der Waals surface area contributed by atoms with Crippen molar-refractivity contribution in [1.29, 1.82) is 0 Å². The van der Waals surface area contributed by atoms with E-state index in [4.69, 9.17) is 0 Å². The van der Waals surface area contributed by atoms with E-state index in [9.17, 15) is 19.2 Å². The minimum Gasteiger partial charge on any atom is -0.363 e. The summed E-state index contributed by atoms with van der Waals surface area (Å²) in [6.45, 7) is 2.05. The van der Waals surface area contributed by atoms with Crippen LogP contribution in [0, 0.1) is 0 Å². The zero-order chi connectivity index (χ0) is 21.4. The molecule has 0 spiro atoms. The molecular formula is C21H21N3O4S2. The van der Waals surface area contributed by atoms with Gasteiger partial charge in [0.2, 0.25) is 5.78 Å². The summed E-state index contributed by atoms with van der Waals surface area (Å²) in [6, 6.07) is 6.61. The third kappa shape index (κ3) is 3.70. The van der Waals surface area contributed by atoms with Gasteiger partial charge < -0.3 is 4.90 Å². The molecule has 2 saturated heterocycles. The van der Waals surface area contributed by atoms with Gasteiger partial charge in [0, 0.05) is 32.1 Å². The quantitative estimate of drug-likeness (QED) is 0.411. The summed E-state index contributed by atoms with van der Waals surface area (Å²) in [5.74, 6) is -1.36. The number of ketones is 1. The molecule has 0 atom stereocenters. The van der Waals surface area contributed by atoms with Gasteiger partial charge in [-0.25, -0.2) is 4.79 Å². The van der Waals surface area contributed by atoms with Crippen LogP contribution in [0.15, 0.2) is 29.8 Å². The number of hydrogen-bond acceptors (Lipinski definition) is 7. The summed E-state index contributed by atoms with van der Waals surface area (Å²) in [5, 5.41) is 1.12. The van der Waals surface area contributed by atoms with Gasteiger partial charge >= 0.3 is 6.03 Å². The van der Waals surface area contributed by atoms with Gasteiger partial charge in [0.25, 0.3) is 11.8 Å². The Kier molecular flexibility index (Phi) is 5.57. The Morgan fingerprint density at radius 2 is 1.47 bits per heavy atom. The van der Waals surface area contributed by atoms with Gasteiger partial charge in [-0.15, -0.1) is 22.7 Å². The van der Waals surface area contributed by atoms with Crippen LogP contribution in [0.5, 0.6) is 0 Å². The number of amides is 4. The topological polar surface area (TPSA) is 78.0 Å². The summed E-state index contributed by atoms with van der Waals surface area (Å²) in [4.78, 5) is 55.4. The Morgan fingerprint density at radius 3 is 2.13 bits per heavy atom. The number of nitrogens with zero attached hydrogens (tertiary/aromatic N) is 3. The van der Waals surface area contributed by atoms with Crippen molar-refractivity contribution < 1.29 is 19.2 Å². The van der Waals surface area contributed by atoms with Gasteiger partial charge in [-0.3, -0.25) is 24.2 Å². The summed E-state index contributed by atoms with van der Waals surface area (Å²) in [6.07, 6.45) is 5.06. The first-order chi connectivity index (χ1) is 14.4. The number of hydrogen-bond donors (Lipinski definition) is 0. The molecule has 30 heavy (non-hydrogen) atoms. The second-order valence-electron chi connectivity index (χ2n) is 7.29. The number of imide groups is 2. The van der Waals surface area contributed by atoms with Gasteiger partial charge in [0.15, 0.2) is 0 Å². The molecule has 156 valence electrons. The lowest BCUT2D eigenvalue weighted by Crippen LogP contribution is -2.52.